The van der Waals surface area contributed by atoms with Gasteiger partial charge >= 0.3 is 5.97 Å². The number of esters is 1. The topological polar surface area (TPSA) is 86.5 Å². The maximum absolute atomic E-state index is 11.8. The number of nitro groups is 1. The van der Waals surface area contributed by atoms with Crippen LogP contribution in [0, 0.1) is 16.0 Å². The molecule has 0 unspecified atom stereocenters. The Hall–Kier alpha value is -2.24. The molecule has 0 amide bonds. The Kier molecular flexibility index (Phi) is 5.17. The molecule has 0 spiro atoms. The number of non-ortho nitro benzene ring substituents is 1. The van der Waals surface area contributed by atoms with Crippen molar-refractivity contribution in [3.63, 3.8) is 0 Å². The van der Waals surface area contributed by atoms with E-state index < -0.39 is 16.8 Å². The van der Waals surface area contributed by atoms with Gasteiger partial charge in [-0.2, -0.15) is 0 Å². The SMILES string of the molecule is CCOC(=O)[C@@H](C)C(=O)Cc1cccc([N+](=O)[O-])c1. The third-order valence-electron chi connectivity index (χ3n) is 2.62. The second-order valence-electron chi connectivity index (χ2n) is 4.04. The molecule has 0 aliphatic rings. The molecule has 0 aliphatic carbocycles. The van der Waals surface area contributed by atoms with Crippen molar-refractivity contribution in [1.82, 2.24) is 0 Å². The summed E-state index contributed by atoms with van der Waals surface area (Å²) >= 11 is 0. The van der Waals surface area contributed by atoms with Gasteiger partial charge in [0, 0.05) is 18.6 Å². The van der Waals surface area contributed by atoms with Crippen LogP contribution in [0.4, 0.5) is 5.69 Å². The molecule has 6 heteroatoms. The third kappa shape index (κ3) is 4.17. The van der Waals surface area contributed by atoms with E-state index in [9.17, 15) is 19.7 Å². The summed E-state index contributed by atoms with van der Waals surface area (Å²) in [4.78, 5) is 33.3. The van der Waals surface area contributed by atoms with E-state index in [2.05, 4.69) is 0 Å². The van der Waals surface area contributed by atoms with E-state index in [1.54, 1.807) is 13.0 Å². The Balaban J connectivity index is 2.74. The lowest BCUT2D eigenvalue weighted by atomic mass is 9.99. The van der Waals surface area contributed by atoms with Gasteiger partial charge in [0.25, 0.3) is 5.69 Å². The van der Waals surface area contributed by atoms with Crippen LogP contribution in [0.2, 0.25) is 0 Å². The highest BCUT2D eigenvalue weighted by molar-refractivity contribution is 5.99. The van der Waals surface area contributed by atoms with E-state index in [0.29, 0.717) is 5.56 Å². The summed E-state index contributed by atoms with van der Waals surface area (Å²) in [5.74, 6) is -1.75. The second-order valence-corrected chi connectivity index (χ2v) is 4.04. The highest BCUT2D eigenvalue weighted by atomic mass is 16.6. The number of rotatable bonds is 6. The number of carbonyl (C=O) groups excluding carboxylic acids is 2. The summed E-state index contributed by atoms with van der Waals surface area (Å²) < 4.78 is 4.76. The maximum atomic E-state index is 11.8. The zero-order chi connectivity index (χ0) is 14.4. The molecule has 102 valence electrons. The number of hydrogen-bond acceptors (Lipinski definition) is 5. The number of nitro benzene ring substituents is 1. The molecule has 0 aromatic heterocycles. The fourth-order valence-corrected chi connectivity index (χ4v) is 1.53. The first-order valence-corrected chi connectivity index (χ1v) is 5.88. The molecule has 0 heterocycles. The molecule has 0 fully saturated rings. The standard InChI is InChI=1S/C13H15NO5/c1-3-19-13(16)9(2)12(15)8-10-5-4-6-11(7-10)14(17)18/h4-7,9H,3,8H2,1-2H3/t9-/m0/s1. The summed E-state index contributed by atoms with van der Waals surface area (Å²) in [6, 6.07) is 5.80. The Morgan fingerprint density at radius 2 is 2.11 bits per heavy atom. The zero-order valence-corrected chi connectivity index (χ0v) is 10.8. The molecular formula is C13H15NO5. The van der Waals surface area contributed by atoms with E-state index in [1.807, 2.05) is 0 Å². The fourth-order valence-electron chi connectivity index (χ4n) is 1.53. The minimum absolute atomic E-state index is 0.0261. The van der Waals surface area contributed by atoms with Crippen molar-refractivity contribution in [2.45, 2.75) is 20.3 Å². The molecule has 1 rings (SSSR count). The normalized spacial score (nSPS) is 11.7. The number of carbonyl (C=O) groups is 2. The highest BCUT2D eigenvalue weighted by Gasteiger charge is 2.23. The summed E-state index contributed by atoms with van der Waals surface area (Å²) in [5.41, 5.74) is 0.435. The summed E-state index contributed by atoms with van der Waals surface area (Å²) in [6.07, 6.45) is -0.0261. The summed E-state index contributed by atoms with van der Waals surface area (Å²) in [6.45, 7) is 3.35. The maximum Gasteiger partial charge on any atom is 0.316 e. The van der Waals surface area contributed by atoms with E-state index in [-0.39, 0.29) is 24.5 Å². The van der Waals surface area contributed by atoms with Crippen LogP contribution in [0.5, 0.6) is 0 Å². The van der Waals surface area contributed by atoms with E-state index in [0.717, 1.165) is 0 Å². The largest absolute Gasteiger partial charge is 0.465 e. The molecule has 0 aliphatic heterocycles. The molecule has 1 aromatic rings. The number of ether oxygens (including phenoxy) is 1. The average Bonchev–Trinajstić information content (AvgIpc) is 2.38. The average molecular weight is 265 g/mol. The van der Waals surface area contributed by atoms with Gasteiger partial charge < -0.3 is 4.74 Å². The summed E-state index contributed by atoms with van der Waals surface area (Å²) in [7, 11) is 0. The Morgan fingerprint density at radius 1 is 1.42 bits per heavy atom. The molecule has 1 aromatic carbocycles. The molecule has 0 saturated carbocycles. The minimum Gasteiger partial charge on any atom is -0.465 e. The van der Waals surface area contributed by atoms with Crippen molar-refractivity contribution in [3.05, 3.63) is 39.9 Å². The first-order chi connectivity index (χ1) is 8.95. The van der Waals surface area contributed by atoms with Crippen LogP contribution in [0.15, 0.2) is 24.3 Å². The quantitative estimate of drug-likeness (QED) is 0.339. The van der Waals surface area contributed by atoms with E-state index in [1.165, 1.54) is 25.1 Å². The lowest BCUT2D eigenvalue weighted by molar-refractivity contribution is -0.384. The highest BCUT2D eigenvalue weighted by Crippen LogP contribution is 2.15. The molecule has 0 radical (unpaired) electrons. The van der Waals surface area contributed by atoms with Gasteiger partial charge in [-0.15, -0.1) is 0 Å². The second kappa shape index (κ2) is 6.63. The smallest absolute Gasteiger partial charge is 0.316 e. The Labute approximate surface area is 110 Å². The van der Waals surface area contributed by atoms with Crippen molar-refractivity contribution in [2.24, 2.45) is 5.92 Å². The molecule has 19 heavy (non-hydrogen) atoms. The van der Waals surface area contributed by atoms with Crippen LogP contribution in [-0.4, -0.2) is 23.3 Å². The first kappa shape index (κ1) is 14.8. The van der Waals surface area contributed by atoms with Gasteiger partial charge in [-0.25, -0.2) is 0 Å². The van der Waals surface area contributed by atoms with Crippen LogP contribution in [0.1, 0.15) is 19.4 Å². The molecule has 0 bridgehead atoms. The van der Waals surface area contributed by atoms with Crippen LogP contribution in [0.3, 0.4) is 0 Å². The molecule has 0 saturated heterocycles. The van der Waals surface area contributed by atoms with E-state index in [4.69, 9.17) is 4.74 Å². The first-order valence-electron chi connectivity index (χ1n) is 5.88. The Morgan fingerprint density at radius 3 is 2.68 bits per heavy atom. The van der Waals surface area contributed by atoms with Crippen LogP contribution in [0.25, 0.3) is 0 Å². The Bertz CT molecular complexity index is 498. The number of Topliss-reactive ketones (excluding diaryl/α,β-unsaturated/α-hetero) is 1. The van der Waals surface area contributed by atoms with Crippen molar-refractivity contribution in [2.75, 3.05) is 6.61 Å². The number of ketones is 1. The monoisotopic (exact) mass is 265 g/mol. The van der Waals surface area contributed by atoms with E-state index >= 15 is 0 Å². The van der Waals surface area contributed by atoms with Crippen molar-refractivity contribution in [3.8, 4) is 0 Å². The van der Waals surface area contributed by atoms with Crippen molar-refractivity contribution >= 4 is 17.4 Å². The van der Waals surface area contributed by atoms with Crippen molar-refractivity contribution < 1.29 is 19.2 Å². The number of hydrogen-bond donors (Lipinski definition) is 0. The van der Waals surface area contributed by atoms with Crippen LogP contribution in [-0.2, 0) is 20.7 Å². The van der Waals surface area contributed by atoms with Gasteiger partial charge in [0.2, 0.25) is 0 Å². The van der Waals surface area contributed by atoms with Gasteiger partial charge in [0.1, 0.15) is 5.92 Å². The molecular weight excluding hydrogens is 250 g/mol. The predicted molar refractivity (Wildman–Crippen MR) is 67.6 cm³/mol. The number of benzene rings is 1. The lowest BCUT2D eigenvalue weighted by Gasteiger charge is -2.09. The van der Waals surface area contributed by atoms with Crippen LogP contribution >= 0.6 is 0 Å². The molecule has 0 N–H and O–H groups in total. The van der Waals surface area contributed by atoms with Crippen LogP contribution < -0.4 is 0 Å². The van der Waals surface area contributed by atoms with Gasteiger partial charge in [-0.1, -0.05) is 12.1 Å². The molecule has 6 nitrogen and oxygen atoms in total. The van der Waals surface area contributed by atoms with Gasteiger partial charge in [0.15, 0.2) is 5.78 Å². The van der Waals surface area contributed by atoms with Gasteiger partial charge in [-0.05, 0) is 19.4 Å². The lowest BCUT2D eigenvalue weighted by Crippen LogP contribution is -2.24. The summed E-state index contributed by atoms with van der Waals surface area (Å²) in [5, 5.41) is 10.6. The minimum atomic E-state index is -0.862. The molecule has 1 atom stereocenters. The van der Waals surface area contributed by atoms with Gasteiger partial charge in [-0.3, -0.25) is 19.7 Å². The predicted octanol–water partition coefficient (Wildman–Crippen LogP) is 1.91. The third-order valence-corrected chi connectivity index (χ3v) is 2.62. The van der Waals surface area contributed by atoms with Crippen molar-refractivity contribution in [1.29, 1.82) is 0 Å². The zero-order valence-electron chi connectivity index (χ0n) is 10.8. The fraction of sp³-hybridized carbons (Fsp3) is 0.385. The number of nitrogens with zero attached hydrogens (tertiary/aromatic N) is 1. The van der Waals surface area contributed by atoms with Gasteiger partial charge in [0.05, 0.1) is 11.5 Å².